The fourth-order valence-electron chi connectivity index (χ4n) is 2.34. The van der Waals surface area contributed by atoms with Crippen LogP contribution in [0, 0.1) is 16.2 Å². The third-order valence-corrected chi connectivity index (χ3v) is 5.31. The summed E-state index contributed by atoms with van der Waals surface area (Å²) >= 11 is 0. The summed E-state index contributed by atoms with van der Waals surface area (Å²) in [4.78, 5) is 9.87. The van der Waals surface area contributed by atoms with Crippen molar-refractivity contribution in [1.82, 2.24) is 0 Å². The lowest BCUT2D eigenvalue weighted by molar-refractivity contribution is -0.137. The molecule has 0 rings (SSSR count). The van der Waals surface area contributed by atoms with Gasteiger partial charge in [-0.2, -0.15) is 0 Å². The fraction of sp³-hybridized carbons (Fsp3) is 0.952. The maximum Gasteiger partial charge on any atom is 0.303 e. The summed E-state index contributed by atoms with van der Waals surface area (Å²) in [7, 11) is 0. The first-order valence-corrected chi connectivity index (χ1v) is 10.9. The molecule has 0 aromatic heterocycles. The summed E-state index contributed by atoms with van der Waals surface area (Å²) in [5.41, 5.74) is -3.69. The van der Waals surface area contributed by atoms with Crippen molar-refractivity contribution in [1.29, 1.82) is 0 Å². The number of aliphatic hydroxyl groups excluding tert-OH is 8. The number of ether oxygens (including phenoxy) is 2. The van der Waals surface area contributed by atoms with E-state index >= 15 is 0 Å². The van der Waals surface area contributed by atoms with Crippen LogP contribution in [-0.2, 0) is 14.3 Å². The number of rotatable bonds is 20. The minimum Gasteiger partial charge on any atom is -0.481 e. The number of hydrogen-bond donors (Lipinski definition) is 9. The highest BCUT2D eigenvalue weighted by Crippen LogP contribution is 2.23. The highest BCUT2D eigenvalue weighted by Gasteiger charge is 2.35. The van der Waals surface area contributed by atoms with E-state index in [4.69, 9.17) is 14.6 Å². The lowest BCUT2D eigenvalue weighted by atomic mass is 9.90. The van der Waals surface area contributed by atoms with Gasteiger partial charge in [0.25, 0.3) is 0 Å². The predicted octanol–water partition coefficient (Wildman–Crippen LogP) is -2.43. The van der Waals surface area contributed by atoms with E-state index in [1.165, 1.54) is 0 Å². The summed E-state index contributed by atoms with van der Waals surface area (Å²) in [5.74, 6) is -0.682. The van der Waals surface area contributed by atoms with Crippen molar-refractivity contribution in [2.24, 2.45) is 16.2 Å². The average molecular weight is 489 g/mol. The van der Waals surface area contributed by atoms with E-state index in [2.05, 4.69) is 6.92 Å². The first-order chi connectivity index (χ1) is 15.7. The Balaban J connectivity index is 0. The molecule has 0 amide bonds. The molecule has 12 nitrogen and oxygen atoms in total. The van der Waals surface area contributed by atoms with Crippen LogP contribution in [0.5, 0.6) is 0 Å². The normalized spacial score (nSPS) is 12.4. The van der Waals surface area contributed by atoms with Gasteiger partial charge in [-0.3, -0.25) is 4.79 Å². The zero-order chi connectivity index (χ0) is 25.8. The van der Waals surface area contributed by atoms with Crippen molar-refractivity contribution in [2.75, 3.05) is 79.3 Å². The molecule has 0 bridgehead atoms. The van der Waals surface area contributed by atoms with Gasteiger partial charge < -0.3 is 55.4 Å². The minimum atomic E-state index is -1.24. The highest BCUT2D eigenvalue weighted by molar-refractivity contribution is 5.66. The van der Waals surface area contributed by atoms with E-state index in [1.54, 1.807) is 0 Å². The van der Waals surface area contributed by atoms with Crippen molar-refractivity contribution < 1.29 is 60.2 Å². The molecule has 0 aliphatic carbocycles. The first kappa shape index (κ1) is 34.2. The Morgan fingerprint density at radius 3 is 1.12 bits per heavy atom. The number of hydrogen-bond acceptors (Lipinski definition) is 11. The second-order valence-electron chi connectivity index (χ2n) is 8.60. The Morgan fingerprint density at radius 2 is 0.879 bits per heavy atom. The molecule has 0 aliphatic heterocycles. The molecular weight excluding hydrogens is 444 g/mol. The molecule has 0 aromatic carbocycles. The Labute approximate surface area is 195 Å². The lowest BCUT2D eigenvalue weighted by Crippen LogP contribution is -2.45. The molecule has 0 unspecified atom stereocenters. The van der Waals surface area contributed by atoms with E-state index in [-0.39, 0.29) is 26.4 Å². The monoisotopic (exact) mass is 488 g/mol. The van der Waals surface area contributed by atoms with Gasteiger partial charge >= 0.3 is 5.97 Å². The molecule has 200 valence electrons. The van der Waals surface area contributed by atoms with Gasteiger partial charge in [0.2, 0.25) is 0 Å². The maximum atomic E-state index is 9.87. The number of unbranched alkanes of at least 4 members (excludes halogenated alkanes) is 2. The molecule has 0 atom stereocenters. The van der Waals surface area contributed by atoms with E-state index in [0.29, 0.717) is 6.42 Å². The second kappa shape index (κ2) is 19.4. The van der Waals surface area contributed by atoms with Gasteiger partial charge in [0.05, 0.1) is 95.5 Å². The van der Waals surface area contributed by atoms with Crippen molar-refractivity contribution in [3.05, 3.63) is 0 Å². The number of aliphatic carboxylic acids is 1. The Morgan fingerprint density at radius 1 is 0.576 bits per heavy atom. The fourth-order valence-corrected chi connectivity index (χ4v) is 2.34. The van der Waals surface area contributed by atoms with Gasteiger partial charge in [-0.25, -0.2) is 0 Å². The summed E-state index contributed by atoms with van der Waals surface area (Å²) < 4.78 is 10.7. The summed E-state index contributed by atoms with van der Waals surface area (Å²) in [6.45, 7) is -2.76. The van der Waals surface area contributed by atoms with Crippen LogP contribution >= 0.6 is 0 Å². The summed E-state index contributed by atoms with van der Waals surface area (Å²) in [5, 5.41) is 82.7. The maximum absolute atomic E-state index is 9.87. The van der Waals surface area contributed by atoms with Crippen molar-refractivity contribution in [3.63, 3.8) is 0 Å². The van der Waals surface area contributed by atoms with E-state index < -0.39 is 75.1 Å². The molecule has 0 radical (unpaired) electrons. The van der Waals surface area contributed by atoms with E-state index in [1.807, 2.05) is 0 Å². The van der Waals surface area contributed by atoms with E-state index in [9.17, 15) is 45.6 Å². The molecule has 33 heavy (non-hydrogen) atoms. The molecule has 0 saturated carbocycles. The molecule has 12 heteroatoms. The molecule has 0 aliphatic rings. The quantitative estimate of drug-likeness (QED) is 0.0817. The highest BCUT2D eigenvalue weighted by atomic mass is 16.5. The molecule has 0 heterocycles. The van der Waals surface area contributed by atoms with Crippen LogP contribution < -0.4 is 0 Å². The topological polar surface area (TPSA) is 218 Å². The molecule has 0 spiro atoms. The molecule has 0 saturated heterocycles. The molecule has 0 aromatic rings. The van der Waals surface area contributed by atoms with Crippen molar-refractivity contribution in [3.8, 4) is 0 Å². The van der Waals surface area contributed by atoms with Crippen LogP contribution in [0.3, 0.4) is 0 Å². The number of carbonyl (C=O) groups is 1. The van der Waals surface area contributed by atoms with Gasteiger partial charge in [0.1, 0.15) is 0 Å². The molecular formula is C21H44O12. The zero-order valence-electron chi connectivity index (χ0n) is 19.6. The number of aliphatic hydroxyl groups is 8. The standard InChI is InChI=1S/C15H32O10.C6H12O2/c16-1-13(2-17,3-18)9-24-11-15(7-22,8-23)12-25-10-14(4-19,5-20)6-21;1-2-3-4-5-6(7)8/h16-23H,1-12H2;2-5H2,1H3,(H,7,8). The van der Waals surface area contributed by atoms with Crippen LogP contribution in [-0.4, -0.2) is 131 Å². The van der Waals surface area contributed by atoms with Gasteiger partial charge in [-0.05, 0) is 6.42 Å². The van der Waals surface area contributed by atoms with Crippen molar-refractivity contribution in [2.45, 2.75) is 32.6 Å². The largest absolute Gasteiger partial charge is 0.481 e. The summed E-state index contributed by atoms with van der Waals surface area (Å²) in [6.07, 6.45) is 3.28. The second-order valence-corrected chi connectivity index (χ2v) is 8.60. The van der Waals surface area contributed by atoms with Gasteiger partial charge in [0.15, 0.2) is 0 Å². The minimum absolute atomic E-state index is 0.188. The Hall–Kier alpha value is -0.930. The van der Waals surface area contributed by atoms with Crippen LogP contribution in [0.25, 0.3) is 0 Å². The van der Waals surface area contributed by atoms with E-state index in [0.717, 1.165) is 19.3 Å². The van der Waals surface area contributed by atoms with Crippen LogP contribution in [0.4, 0.5) is 0 Å². The van der Waals surface area contributed by atoms with Gasteiger partial charge in [-0.1, -0.05) is 19.8 Å². The summed E-state index contributed by atoms with van der Waals surface area (Å²) in [6, 6.07) is 0. The number of carboxylic acids is 1. The van der Waals surface area contributed by atoms with Crippen molar-refractivity contribution >= 4 is 5.97 Å². The SMILES string of the molecule is CCCCCC(=O)O.OCC(CO)(CO)COCC(CO)(CO)COCC(CO)(CO)CO. The average Bonchev–Trinajstić information content (AvgIpc) is 2.84. The van der Waals surface area contributed by atoms with Gasteiger partial charge in [0, 0.05) is 6.42 Å². The van der Waals surface area contributed by atoms with Crippen LogP contribution in [0.2, 0.25) is 0 Å². The third kappa shape index (κ3) is 13.5. The smallest absolute Gasteiger partial charge is 0.303 e. The Kier molecular flexibility index (Phi) is 20.1. The molecule has 9 N–H and O–H groups in total. The number of carboxylic acid groups (broad SMARTS) is 1. The van der Waals surface area contributed by atoms with Crippen LogP contribution in [0.1, 0.15) is 32.6 Å². The first-order valence-electron chi connectivity index (χ1n) is 10.9. The third-order valence-electron chi connectivity index (χ3n) is 5.31. The predicted molar refractivity (Wildman–Crippen MR) is 117 cm³/mol. The lowest BCUT2D eigenvalue weighted by Gasteiger charge is -2.34. The Bertz CT molecular complexity index is 418. The van der Waals surface area contributed by atoms with Gasteiger partial charge in [-0.15, -0.1) is 0 Å². The van der Waals surface area contributed by atoms with Crippen LogP contribution in [0.15, 0.2) is 0 Å². The zero-order valence-corrected chi connectivity index (χ0v) is 19.6. The molecule has 0 fully saturated rings.